The van der Waals surface area contributed by atoms with Gasteiger partial charge in [0.15, 0.2) is 0 Å². The summed E-state index contributed by atoms with van der Waals surface area (Å²) < 4.78 is 16.7. The van der Waals surface area contributed by atoms with Crippen molar-refractivity contribution in [3.8, 4) is 0 Å². The fourth-order valence-corrected chi connectivity index (χ4v) is 6.73. The molecule has 0 aliphatic carbocycles. The number of carbonyl (C=O) groups excluding carboxylic acids is 1. The molecule has 1 amide bonds. The highest BCUT2D eigenvalue weighted by Gasteiger charge is 2.53. The minimum Gasteiger partial charge on any atom is -0.359 e. The van der Waals surface area contributed by atoms with Crippen LogP contribution in [0.1, 0.15) is 49.4 Å². The molecule has 0 aromatic heterocycles. The lowest BCUT2D eigenvalue weighted by atomic mass is 9.75. The van der Waals surface area contributed by atoms with Gasteiger partial charge in [-0.25, -0.2) is 8.93 Å². The summed E-state index contributed by atoms with van der Waals surface area (Å²) in [5.74, 6) is -0.111. The first-order valence-electron chi connectivity index (χ1n) is 13.7. The van der Waals surface area contributed by atoms with Crippen molar-refractivity contribution >= 4 is 22.6 Å². The number of hydrogen-bond acceptors (Lipinski definition) is 3. The maximum Gasteiger partial charge on any atom is 0.222 e. The average molecular weight is 552 g/mol. The van der Waals surface area contributed by atoms with Gasteiger partial charge in [0.1, 0.15) is 5.54 Å². The van der Waals surface area contributed by atoms with Crippen LogP contribution in [0.25, 0.3) is 0 Å². The molecule has 5 rings (SSSR count). The molecule has 5 nitrogen and oxygen atoms in total. The Labute approximate surface area is 240 Å². The lowest BCUT2D eigenvalue weighted by molar-refractivity contribution is -0.121. The SMILES string of the molecule is CNC(=O)C[C@]1(NS(=O)C(C)(C)C)CN(C(c2ccccc2)(c2ccccc2)c2ccccc2)c2ccccc21. The fraction of sp³-hybridized carbons (Fsp3) is 0.265. The van der Waals surface area contributed by atoms with Crippen molar-refractivity contribution < 1.29 is 9.00 Å². The molecule has 1 aliphatic rings. The summed E-state index contributed by atoms with van der Waals surface area (Å²) in [5.41, 5.74) is 3.66. The summed E-state index contributed by atoms with van der Waals surface area (Å²) in [6, 6.07) is 39.8. The molecule has 1 aliphatic heterocycles. The molecule has 2 N–H and O–H groups in total. The lowest BCUT2D eigenvalue weighted by Crippen LogP contribution is -2.56. The molecule has 0 bridgehead atoms. The average Bonchev–Trinajstić information content (AvgIpc) is 3.28. The zero-order valence-electron chi connectivity index (χ0n) is 23.6. The predicted molar refractivity (Wildman–Crippen MR) is 164 cm³/mol. The van der Waals surface area contributed by atoms with Crippen LogP contribution < -0.4 is 14.9 Å². The molecule has 0 radical (unpaired) electrons. The van der Waals surface area contributed by atoms with Gasteiger partial charge in [-0.1, -0.05) is 109 Å². The van der Waals surface area contributed by atoms with Crippen LogP contribution in [-0.2, 0) is 26.9 Å². The van der Waals surface area contributed by atoms with Gasteiger partial charge in [-0.2, -0.15) is 0 Å². The minimum atomic E-state index is -1.42. The molecule has 0 fully saturated rings. The summed E-state index contributed by atoms with van der Waals surface area (Å²) >= 11 is 0. The van der Waals surface area contributed by atoms with E-state index in [9.17, 15) is 9.00 Å². The van der Waals surface area contributed by atoms with E-state index in [4.69, 9.17) is 0 Å². The molecule has 40 heavy (non-hydrogen) atoms. The second-order valence-corrected chi connectivity index (χ2v) is 13.3. The van der Waals surface area contributed by atoms with Crippen molar-refractivity contribution in [1.29, 1.82) is 0 Å². The molecule has 4 aromatic rings. The third kappa shape index (κ3) is 4.87. The van der Waals surface area contributed by atoms with Gasteiger partial charge < -0.3 is 10.2 Å². The normalized spacial score (nSPS) is 17.8. The van der Waals surface area contributed by atoms with Crippen molar-refractivity contribution in [3.05, 3.63) is 138 Å². The summed E-state index contributed by atoms with van der Waals surface area (Å²) in [6.45, 7) is 6.28. The van der Waals surface area contributed by atoms with E-state index in [0.717, 1.165) is 27.9 Å². The number of benzene rings is 4. The Kier molecular flexibility index (Phi) is 7.67. The Hall–Kier alpha value is -3.74. The molecule has 6 heteroatoms. The number of para-hydroxylation sites is 1. The zero-order chi connectivity index (χ0) is 28.4. The number of hydrogen-bond donors (Lipinski definition) is 2. The number of amides is 1. The molecule has 1 heterocycles. The first-order valence-corrected chi connectivity index (χ1v) is 14.8. The van der Waals surface area contributed by atoms with Crippen molar-refractivity contribution in [3.63, 3.8) is 0 Å². The number of rotatable bonds is 8. The van der Waals surface area contributed by atoms with Crippen LogP contribution in [0.15, 0.2) is 115 Å². The molecule has 206 valence electrons. The summed E-state index contributed by atoms with van der Waals surface area (Å²) in [4.78, 5) is 15.5. The predicted octanol–water partition coefficient (Wildman–Crippen LogP) is 5.88. The highest BCUT2D eigenvalue weighted by molar-refractivity contribution is 7.84. The van der Waals surface area contributed by atoms with Crippen molar-refractivity contribution in [2.24, 2.45) is 0 Å². The van der Waals surface area contributed by atoms with E-state index in [2.05, 4.69) is 99.9 Å². The van der Waals surface area contributed by atoms with E-state index in [1.165, 1.54) is 0 Å². The Morgan fingerprint density at radius 2 is 1.23 bits per heavy atom. The minimum absolute atomic E-state index is 0.111. The smallest absolute Gasteiger partial charge is 0.222 e. The van der Waals surface area contributed by atoms with Crippen LogP contribution in [0.2, 0.25) is 0 Å². The van der Waals surface area contributed by atoms with Crippen LogP contribution in [0.4, 0.5) is 5.69 Å². The highest BCUT2D eigenvalue weighted by Crippen LogP contribution is 2.52. The Morgan fingerprint density at radius 3 is 1.68 bits per heavy atom. The second-order valence-electron chi connectivity index (χ2n) is 11.3. The van der Waals surface area contributed by atoms with Gasteiger partial charge in [-0.15, -0.1) is 0 Å². The number of nitrogens with one attached hydrogen (secondary N) is 2. The molecule has 0 spiro atoms. The number of anilines is 1. The standard InChI is InChI=1S/C34H37N3O2S/c1-32(2,3)40(39)36-33(24-31(38)35-4)25-37(30-23-15-14-22-29(30)33)34(26-16-8-5-9-17-26,27-18-10-6-11-19-27)28-20-12-7-13-21-28/h5-23,36H,24-25H2,1-4H3,(H,35,38)/t33-,40?/m0/s1. The molecule has 4 aromatic carbocycles. The van der Waals surface area contributed by atoms with Crippen molar-refractivity contribution in [2.45, 2.75) is 43.0 Å². The van der Waals surface area contributed by atoms with E-state index < -0.39 is 26.8 Å². The lowest BCUT2D eigenvalue weighted by Gasteiger charge is -2.46. The largest absolute Gasteiger partial charge is 0.359 e. The van der Waals surface area contributed by atoms with E-state index in [-0.39, 0.29) is 12.3 Å². The Morgan fingerprint density at radius 1 is 0.775 bits per heavy atom. The first kappa shape index (κ1) is 27.8. The Bertz CT molecular complexity index is 1390. The summed E-state index contributed by atoms with van der Waals surface area (Å²) in [5, 5.41) is 2.81. The second kappa shape index (κ2) is 11.0. The summed E-state index contributed by atoms with van der Waals surface area (Å²) in [6.07, 6.45) is 0.146. The van der Waals surface area contributed by atoms with Crippen LogP contribution in [0.5, 0.6) is 0 Å². The molecule has 2 atom stereocenters. The van der Waals surface area contributed by atoms with Crippen LogP contribution in [0.3, 0.4) is 0 Å². The molecule has 1 unspecified atom stereocenters. The quantitative estimate of drug-likeness (QED) is 0.269. The third-order valence-electron chi connectivity index (χ3n) is 7.70. The van der Waals surface area contributed by atoms with E-state index >= 15 is 0 Å². The van der Waals surface area contributed by atoms with Gasteiger partial charge in [0, 0.05) is 19.3 Å². The molecule has 0 saturated heterocycles. The molecular weight excluding hydrogens is 514 g/mol. The number of carbonyl (C=O) groups is 1. The third-order valence-corrected chi connectivity index (χ3v) is 9.39. The van der Waals surface area contributed by atoms with Crippen LogP contribution in [-0.4, -0.2) is 28.5 Å². The van der Waals surface area contributed by atoms with Crippen molar-refractivity contribution in [1.82, 2.24) is 10.0 Å². The molecular formula is C34H37N3O2S. The number of fused-ring (bicyclic) bond motifs is 1. The van der Waals surface area contributed by atoms with Crippen molar-refractivity contribution in [2.75, 3.05) is 18.5 Å². The zero-order valence-corrected chi connectivity index (χ0v) is 24.4. The van der Waals surface area contributed by atoms with Gasteiger partial charge in [-0.3, -0.25) is 4.79 Å². The van der Waals surface area contributed by atoms with Gasteiger partial charge in [0.2, 0.25) is 5.91 Å². The Balaban J connectivity index is 1.83. The van der Waals surface area contributed by atoms with Gasteiger partial charge in [0.05, 0.1) is 27.7 Å². The fourth-order valence-electron chi connectivity index (χ4n) is 5.83. The van der Waals surface area contributed by atoms with Crippen LogP contribution in [0, 0.1) is 0 Å². The van der Waals surface area contributed by atoms with Gasteiger partial charge >= 0.3 is 0 Å². The summed E-state index contributed by atoms with van der Waals surface area (Å²) in [7, 11) is 0.226. The van der Waals surface area contributed by atoms with Crippen LogP contribution >= 0.6 is 0 Å². The maximum absolute atomic E-state index is 13.7. The monoisotopic (exact) mass is 551 g/mol. The molecule has 0 saturated carbocycles. The highest BCUT2D eigenvalue weighted by atomic mass is 32.2. The van der Waals surface area contributed by atoms with Gasteiger partial charge in [-0.05, 0) is 49.1 Å². The first-order chi connectivity index (χ1) is 19.2. The topological polar surface area (TPSA) is 61.4 Å². The maximum atomic E-state index is 13.7. The van der Waals surface area contributed by atoms with Gasteiger partial charge in [0.25, 0.3) is 0 Å². The van der Waals surface area contributed by atoms with E-state index in [1.807, 2.05) is 51.1 Å². The number of nitrogens with zero attached hydrogens (tertiary/aromatic N) is 1. The van der Waals surface area contributed by atoms with E-state index in [1.54, 1.807) is 7.05 Å². The van der Waals surface area contributed by atoms with E-state index in [0.29, 0.717) is 6.54 Å².